The molecule has 18 heavy (non-hydrogen) atoms. The van der Waals surface area contributed by atoms with Gasteiger partial charge in [0.05, 0.1) is 27.9 Å². The van der Waals surface area contributed by atoms with Gasteiger partial charge < -0.3 is 0 Å². The summed E-state index contributed by atoms with van der Waals surface area (Å²) in [5.41, 5.74) is 0.705. The van der Waals surface area contributed by atoms with Crippen molar-refractivity contribution in [1.82, 2.24) is 14.8 Å². The molecule has 0 aliphatic heterocycles. The molecule has 0 amide bonds. The van der Waals surface area contributed by atoms with E-state index in [0.717, 1.165) is 10.7 Å². The van der Waals surface area contributed by atoms with Crippen molar-refractivity contribution in [2.75, 3.05) is 0 Å². The third-order valence-electron chi connectivity index (χ3n) is 2.32. The molecule has 0 aliphatic carbocycles. The van der Waals surface area contributed by atoms with Crippen molar-refractivity contribution in [3.8, 4) is 0 Å². The lowest BCUT2D eigenvalue weighted by Gasteiger charge is -2.03. The van der Waals surface area contributed by atoms with E-state index < -0.39 is 0 Å². The molecule has 2 heterocycles. The van der Waals surface area contributed by atoms with Gasteiger partial charge in [-0.25, -0.2) is 9.67 Å². The molecule has 0 saturated heterocycles. The zero-order chi connectivity index (χ0) is 13.3. The van der Waals surface area contributed by atoms with E-state index in [2.05, 4.69) is 55.8 Å². The maximum absolute atomic E-state index is 11.9. The summed E-state index contributed by atoms with van der Waals surface area (Å²) in [4.78, 5) is 16.4. The van der Waals surface area contributed by atoms with E-state index in [1.165, 1.54) is 4.68 Å². The molecule has 0 aliphatic rings. The van der Waals surface area contributed by atoms with Gasteiger partial charge >= 0.3 is 0 Å². The van der Waals surface area contributed by atoms with Crippen LogP contribution in [0.2, 0.25) is 0 Å². The molecule has 2 rings (SSSR count). The van der Waals surface area contributed by atoms with Crippen LogP contribution in [0.1, 0.15) is 30.5 Å². The number of aromatic nitrogens is 3. The van der Waals surface area contributed by atoms with Crippen molar-refractivity contribution in [3.05, 3.63) is 41.6 Å². The maximum atomic E-state index is 11.9. The zero-order valence-corrected chi connectivity index (χ0v) is 13.8. The fraction of sp³-hybridized carbons (Fsp3) is 0.364. The molecule has 0 bridgehead atoms. The Labute approximate surface area is 125 Å². The van der Waals surface area contributed by atoms with Crippen LogP contribution >= 0.6 is 43.2 Å². The summed E-state index contributed by atoms with van der Waals surface area (Å²) >= 11 is 8.10. The summed E-state index contributed by atoms with van der Waals surface area (Å²) < 4.78 is 2.54. The average Bonchev–Trinajstić information content (AvgIpc) is 2.79. The molecule has 0 saturated carbocycles. The van der Waals surface area contributed by atoms with E-state index in [1.54, 1.807) is 17.5 Å². The summed E-state index contributed by atoms with van der Waals surface area (Å²) in [5.74, 6) is 0.407. The van der Waals surface area contributed by atoms with Gasteiger partial charge in [0.15, 0.2) is 0 Å². The first kappa shape index (κ1) is 13.9. The topological polar surface area (TPSA) is 47.8 Å². The van der Waals surface area contributed by atoms with Gasteiger partial charge in [0.25, 0.3) is 5.56 Å². The van der Waals surface area contributed by atoms with E-state index in [0.29, 0.717) is 21.4 Å². The second-order valence-corrected chi connectivity index (χ2v) is 6.64. The molecule has 0 aromatic carbocycles. The Morgan fingerprint density at radius 3 is 2.78 bits per heavy atom. The highest BCUT2D eigenvalue weighted by atomic mass is 79.9. The van der Waals surface area contributed by atoms with Gasteiger partial charge in [0.2, 0.25) is 0 Å². The Hall–Kier alpha value is -0.530. The molecule has 7 heteroatoms. The first-order chi connectivity index (χ1) is 8.49. The lowest BCUT2D eigenvalue weighted by Crippen LogP contribution is -2.24. The lowest BCUT2D eigenvalue weighted by atomic mass is 10.2. The van der Waals surface area contributed by atoms with Crippen LogP contribution in [0.25, 0.3) is 0 Å². The van der Waals surface area contributed by atoms with Crippen molar-refractivity contribution in [3.63, 3.8) is 0 Å². The highest BCUT2D eigenvalue weighted by Gasteiger charge is 2.10. The van der Waals surface area contributed by atoms with Crippen LogP contribution in [0.15, 0.2) is 25.3 Å². The molecule has 0 unspecified atom stereocenters. The van der Waals surface area contributed by atoms with Crippen molar-refractivity contribution in [2.24, 2.45) is 0 Å². The minimum Gasteiger partial charge on any atom is -0.266 e. The van der Waals surface area contributed by atoms with Crippen molar-refractivity contribution < 1.29 is 0 Å². The van der Waals surface area contributed by atoms with Gasteiger partial charge in [0.1, 0.15) is 4.47 Å². The van der Waals surface area contributed by atoms with Crippen LogP contribution in [0.3, 0.4) is 0 Å². The van der Waals surface area contributed by atoms with E-state index in [4.69, 9.17) is 0 Å². The molecule has 0 N–H and O–H groups in total. The molecule has 2 aromatic rings. The average molecular weight is 393 g/mol. The summed E-state index contributed by atoms with van der Waals surface area (Å²) in [6, 6.07) is 0. The van der Waals surface area contributed by atoms with E-state index >= 15 is 0 Å². The Morgan fingerprint density at radius 2 is 2.17 bits per heavy atom. The Bertz CT molecular complexity index is 621. The quantitative estimate of drug-likeness (QED) is 0.804. The SMILES string of the molecule is CC(C)c1nc(Cn2ncc(Br)c(Br)c2=O)cs1. The molecule has 4 nitrogen and oxygen atoms in total. The van der Waals surface area contributed by atoms with Gasteiger partial charge in [-0.1, -0.05) is 13.8 Å². The third kappa shape index (κ3) is 2.89. The van der Waals surface area contributed by atoms with Crippen molar-refractivity contribution >= 4 is 43.2 Å². The number of hydrogen-bond acceptors (Lipinski definition) is 4. The molecule has 0 atom stereocenters. The number of thiazole rings is 1. The predicted molar refractivity (Wildman–Crippen MR) is 79.2 cm³/mol. The highest BCUT2D eigenvalue weighted by Crippen LogP contribution is 2.20. The molecule has 0 spiro atoms. The van der Waals surface area contributed by atoms with Crippen LogP contribution in [-0.2, 0) is 6.54 Å². The predicted octanol–water partition coefficient (Wildman–Crippen LogP) is 3.40. The number of halogens is 2. The zero-order valence-electron chi connectivity index (χ0n) is 9.85. The van der Waals surface area contributed by atoms with Gasteiger partial charge in [-0.05, 0) is 31.9 Å². The molecule has 0 fully saturated rings. The lowest BCUT2D eigenvalue weighted by molar-refractivity contribution is 0.622. The minimum absolute atomic E-state index is 0.163. The Kier molecular flexibility index (Phi) is 4.34. The Balaban J connectivity index is 2.29. The number of rotatable bonds is 3. The molecular formula is C11H11Br2N3OS. The highest BCUT2D eigenvalue weighted by molar-refractivity contribution is 9.13. The van der Waals surface area contributed by atoms with Gasteiger partial charge in [-0.15, -0.1) is 11.3 Å². The fourth-order valence-corrected chi connectivity index (χ4v) is 2.77. The summed E-state index contributed by atoms with van der Waals surface area (Å²) in [6.07, 6.45) is 1.60. The van der Waals surface area contributed by atoms with Gasteiger partial charge in [0, 0.05) is 11.3 Å². The van der Waals surface area contributed by atoms with E-state index in [-0.39, 0.29) is 5.56 Å². The first-order valence-electron chi connectivity index (χ1n) is 5.34. The molecule has 96 valence electrons. The second-order valence-electron chi connectivity index (χ2n) is 4.10. The standard InChI is InChI=1S/C11H11Br2N3OS/c1-6(2)10-15-7(5-18-10)4-16-11(17)9(13)8(12)3-14-16/h3,5-6H,4H2,1-2H3. The molecule has 0 radical (unpaired) electrons. The normalized spacial score (nSPS) is 11.2. The van der Waals surface area contributed by atoms with Crippen LogP contribution in [0, 0.1) is 0 Å². The van der Waals surface area contributed by atoms with Gasteiger partial charge in [-0.2, -0.15) is 5.10 Å². The van der Waals surface area contributed by atoms with Crippen molar-refractivity contribution in [2.45, 2.75) is 26.3 Å². The summed E-state index contributed by atoms with van der Waals surface area (Å²) in [7, 11) is 0. The smallest absolute Gasteiger partial charge is 0.266 e. The first-order valence-corrected chi connectivity index (χ1v) is 7.81. The fourth-order valence-electron chi connectivity index (χ4n) is 1.37. The van der Waals surface area contributed by atoms with E-state index in [1.807, 2.05) is 5.38 Å². The van der Waals surface area contributed by atoms with Crippen LogP contribution in [-0.4, -0.2) is 14.8 Å². The van der Waals surface area contributed by atoms with Crippen LogP contribution in [0.4, 0.5) is 0 Å². The maximum Gasteiger partial charge on any atom is 0.282 e. The van der Waals surface area contributed by atoms with Crippen molar-refractivity contribution in [1.29, 1.82) is 0 Å². The van der Waals surface area contributed by atoms with Crippen LogP contribution in [0.5, 0.6) is 0 Å². The number of hydrogen-bond donors (Lipinski definition) is 0. The van der Waals surface area contributed by atoms with Crippen LogP contribution < -0.4 is 5.56 Å². The molecular weight excluding hydrogens is 382 g/mol. The summed E-state index contributed by atoms with van der Waals surface area (Å²) in [5, 5.41) is 7.13. The largest absolute Gasteiger partial charge is 0.282 e. The molecule has 2 aromatic heterocycles. The number of nitrogens with zero attached hydrogens (tertiary/aromatic N) is 3. The van der Waals surface area contributed by atoms with Gasteiger partial charge in [-0.3, -0.25) is 4.79 Å². The monoisotopic (exact) mass is 391 g/mol. The minimum atomic E-state index is -0.163. The second kappa shape index (κ2) is 5.63. The third-order valence-corrected chi connectivity index (χ3v) is 5.41. The Morgan fingerprint density at radius 1 is 1.44 bits per heavy atom. The van der Waals surface area contributed by atoms with E-state index in [9.17, 15) is 4.79 Å². The summed E-state index contributed by atoms with van der Waals surface area (Å²) in [6.45, 7) is 4.60.